The number of carbonyl (C=O) groups is 1. The quantitative estimate of drug-likeness (QED) is 0.637. The first-order valence-corrected chi connectivity index (χ1v) is 6.37. The van der Waals surface area contributed by atoms with E-state index < -0.39 is 5.54 Å². The van der Waals surface area contributed by atoms with E-state index in [4.69, 9.17) is 5.73 Å². The number of amides is 1. The maximum absolute atomic E-state index is 11.5. The van der Waals surface area contributed by atoms with E-state index in [0.717, 1.165) is 39.1 Å². The zero-order chi connectivity index (χ0) is 12.9. The molecule has 1 aliphatic rings. The van der Waals surface area contributed by atoms with Crippen LogP contribution in [-0.2, 0) is 4.79 Å². The molecule has 0 spiro atoms. The maximum atomic E-state index is 11.5. The molecule has 100 valence electrons. The highest BCUT2D eigenvalue weighted by atomic mass is 16.2. The summed E-state index contributed by atoms with van der Waals surface area (Å²) in [6.07, 6.45) is 0.992. The first-order valence-electron chi connectivity index (χ1n) is 6.37. The van der Waals surface area contributed by atoms with Crippen molar-refractivity contribution >= 4 is 5.91 Å². The molecule has 0 unspecified atom stereocenters. The third kappa shape index (κ3) is 5.48. The molecular weight excluding hydrogens is 216 g/mol. The SMILES string of the molecule is CN1CCN(CCCNC(=O)C(C)(C)N)CC1. The van der Waals surface area contributed by atoms with Gasteiger partial charge in [0.05, 0.1) is 5.54 Å². The molecule has 1 amide bonds. The summed E-state index contributed by atoms with van der Waals surface area (Å²) in [4.78, 5) is 16.3. The molecule has 1 aliphatic heterocycles. The van der Waals surface area contributed by atoms with Crippen LogP contribution in [0.3, 0.4) is 0 Å². The number of carbonyl (C=O) groups excluding carboxylic acids is 1. The zero-order valence-electron chi connectivity index (χ0n) is 11.3. The maximum Gasteiger partial charge on any atom is 0.239 e. The van der Waals surface area contributed by atoms with Gasteiger partial charge in [0, 0.05) is 32.7 Å². The first-order chi connectivity index (χ1) is 7.89. The van der Waals surface area contributed by atoms with E-state index in [1.165, 1.54) is 0 Å². The Morgan fingerprint density at radius 2 is 1.88 bits per heavy atom. The molecule has 1 rings (SSSR count). The van der Waals surface area contributed by atoms with Crippen LogP contribution in [0.15, 0.2) is 0 Å². The van der Waals surface area contributed by atoms with Crippen LogP contribution in [-0.4, -0.2) is 67.6 Å². The molecule has 1 saturated heterocycles. The smallest absolute Gasteiger partial charge is 0.239 e. The molecular formula is C12H26N4O. The molecule has 1 heterocycles. The summed E-state index contributed by atoms with van der Waals surface area (Å²) >= 11 is 0. The van der Waals surface area contributed by atoms with Crippen LogP contribution in [0.2, 0.25) is 0 Å². The Labute approximate surface area is 104 Å². The topological polar surface area (TPSA) is 61.6 Å². The summed E-state index contributed by atoms with van der Waals surface area (Å²) in [6.45, 7) is 9.76. The van der Waals surface area contributed by atoms with E-state index in [-0.39, 0.29) is 5.91 Å². The molecule has 0 aromatic rings. The van der Waals surface area contributed by atoms with Crippen LogP contribution in [0.1, 0.15) is 20.3 Å². The number of hydrogen-bond donors (Lipinski definition) is 2. The standard InChI is InChI=1S/C12H26N4O/c1-12(2,13)11(17)14-5-4-6-16-9-7-15(3)8-10-16/h4-10,13H2,1-3H3,(H,14,17). The van der Waals surface area contributed by atoms with Crippen LogP contribution >= 0.6 is 0 Å². The lowest BCUT2D eigenvalue weighted by atomic mass is 10.1. The van der Waals surface area contributed by atoms with Crippen molar-refractivity contribution in [3.8, 4) is 0 Å². The van der Waals surface area contributed by atoms with Gasteiger partial charge in [-0.3, -0.25) is 4.79 Å². The minimum atomic E-state index is -0.770. The molecule has 0 aromatic carbocycles. The molecule has 5 nitrogen and oxygen atoms in total. The highest BCUT2D eigenvalue weighted by Crippen LogP contribution is 2.00. The minimum Gasteiger partial charge on any atom is -0.354 e. The molecule has 3 N–H and O–H groups in total. The van der Waals surface area contributed by atoms with E-state index in [2.05, 4.69) is 22.2 Å². The normalized spacial score (nSPS) is 19.3. The molecule has 17 heavy (non-hydrogen) atoms. The number of hydrogen-bond acceptors (Lipinski definition) is 4. The average molecular weight is 242 g/mol. The van der Waals surface area contributed by atoms with Gasteiger partial charge in [-0.15, -0.1) is 0 Å². The number of nitrogens with one attached hydrogen (secondary N) is 1. The minimum absolute atomic E-state index is 0.0733. The Balaban J connectivity index is 2.07. The predicted octanol–water partition coefficient (Wildman–Crippen LogP) is -0.523. The largest absolute Gasteiger partial charge is 0.354 e. The number of nitrogens with two attached hydrogens (primary N) is 1. The lowest BCUT2D eigenvalue weighted by Crippen LogP contribution is -2.50. The van der Waals surface area contributed by atoms with Crippen LogP contribution in [0.5, 0.6) is 0 Å². The van der Waals surface area contributed by atoms with Gasteiger partial charge in [-0.1, -0.05) is 0 Å². The van der Waals surface area contributed by atoms with Crippen LogP contribution in [0.25, 0.3) is 0 Å². The number of nitrogens with zero attached hydrogens (tertiary/aromatic N) is 2. The van der Waals surface area contributed by atoms with Crippen molar-refractivity contribution in [3.63, 3.8) is 0 Å². The fourth-order valence-electron chi connectivity index (χ4n) is 1.80. The Morgan fingerprint density at radius 3 is 2.41 bits per heavy atom. The van der Waals surface area contributed by atoms with Gasteiger partial charge in [-0.25, -0.2) is 0 Å². The van der Waals surface area contributed by atoms with Gasteiger partial charge < -0.3 is 20.9 Å². The Bertz CT molecular complexity index is 241. The zero-order valence-corrected chi connectivity index (χ0v) is 11.3. The lowest BCUT2D eigenvalue weighted by molar-refractivity contribution is -0.125. The second-order valence-electron chi connectivity index (χ2n) is 5.48. The summed E-state index contributed by atoms with van der Waals surface area (Å²) in [5.74, 6) is -0.0733. The van der Waals surface area contributed by atoms with Gasteiger partial charge in [-0.05, 0) is 33.9 Å². The van der Waals surface area contributed by atoms with Crippen molar-refractivity contribution in [2.75, 3.05) is 46.3 Å². The van der Waals surface area contributed by atoms with Gasteiger partial charge in [0.15, 0.2) is 0 Å². The molecule has 0 aromatic heterocycles. The Hall–Kier alpha value is -0.650. The number of likely N-dealkylation sites (N-methyl/N-ethyl adjacent to an activating group) is 1. The van der Waals surface area contributed by atoms with Crippen molar-refractivity contribution < 1.29 is 4.79 Å². The third-order valence-corrected chi connectivity index (χ3v) is 3.12. The van der Waals surface area contributed by atoms with E-state index in [1.807, 2.05) is 0 Å². The fraction of sp³-hybridized carbons (Fsp3) is 0.917. The molecule has 0 atom stereocenters. The summed E-state index contributed by atoms with van der Waals surface area (Å²) in [7, 11) is 2.15. The molecule has 1 fully saturated rings. The number of rotatable bonds is 5. The van der Waals surface area contributed by atoms with Crippen molar-refractivity contribution in [2.24, 2.45) is 5.73 Å². The monoisotopic (exact) mass is 242 g/mol. The summed E-state index contributed by atoms with van der Waals surface area (Å²) in [5, 5.41) is 2.87. The Kier molecular flexibility index (Phi) is 5.36. The van der Waals surface area contributed by atoms with Gasteiger partial charge in [0.25, 0.3) is 0 Å². The molecule has 0 saturated carbocycles. The van der Waals surface area contributed by atoms with Crippen molar-refractivity contribution in [2.45, 2.75) is 25.8 Å². The molecule has 0 radical (unpaired) electrons. The van der Waals surface area contributed by atoms with Crippen LogP contribution < -0.4 is 11.1 Å². The summed E-state index contributed by atoms with van der Waals surface area (Å²) in [5.41, 5.74) is 4.92. The van der Waals surface area contributed by atoms with E-state index >= 15 is 0 Å². The van der Waals surface area contributed by atoms with Crippen molar-refractivity contribution in [1.29, 1.82) is 0 Å². The van der Waals surface area contributed by atoms with Crippen molar-refractivity contribution in [1.82, 2.24) is 15.1 Å². The Morgan fingerprint density at radius 1 is 1.29 bits per heavy atom. The van der Waals surface area contributed by atoms with Crippen LogP contribution in [0, 0.1) is 0 Å². The second kappa shape index (κ2) is 6.33. The highest BCUT2D eigenvalue weighted by molar-refractivity contribution is 5.84. The van der Waals surface area contributed by atoms with E-state index in [0.29, 0.717) is 6.54 Å². The highest BCUT2D eigenvalue weighted by Gasteiger charge is 2.21. The predicted molar refractivity (Wildman–Crippen MR) is 69.8 cm³/mol. The van der Waals surface area contributed by atoms with E-state index in [1.54, 1.807) is 13.8 Å². The van der Waals surface area contributed by atoms with Crippen molar-refractivity contribution in [3.05, 3.63) is 0 Å². The molecule has 5 heteroatoms. The van der Waals surface area contributed by atoms with Gasteiger partial charge in [0.1, 0.15) is 0 Å². The van der Waals surface area contributed by atoms with E-state index in [9.17, 15) is 4.79 Å². The third-order valence-electron chi connectivity index (χ3n) is 3.12. The fourth-order valence-corrected chi connectivity index (χ4v) is 1.80. The van der Waals surface area contributed by atoms with Crippen LogP contribution in [0.4, 0.5) is 0 Å². The van der Waals surface area contributed by atoms with Gasteiger partial charge >= 0.3 is 0 Å². The number of piperazine rings is 1. The summed E-state index contributed by atoms with van der Waals surface area (Å²) in [6, 6.07) is 0. The van der Waals surface area contributed by atoms with Gasteiger partial charge in [-0.2, -0.15) is 0 Å². The van der Waals surface area contributed by atoms with Gasteiger partial charge in [0.2, 0.25) is 5.91 Å². The lowest BCUT2D eigenvalue weighted by Gasteiger charge is -2.32. The first kappa shape index (κ1) is 14.4. The molecule has 0 bridgehead atoms. The molecule has 0 aliphatic carbocycles. The summed E-state index contributed by atoms with van der Waals surface area (Å²) < 4.78 is 0. The average Bonchev–Trinajstić information content (AvgIpc) is 2.25. The second-order valence-corrected chi connectivity index (χ2v) is 5.48.